The van der Waals surface area contributed by atoms with E-state index >= 15 is 0 Å². The lowest BCUT2D eigenvalue weighted by atomic mass is 10.0. The zero-order chi connectivity index (χ0) is 37.4. The Kier molecular flexibility index (Phi) is 13.1. The molecule has 0 aliphatic carbocycles. The molecule has 290 valence electrons. The average Bonchev–Trinajstić information content (AvgIpc) is 3.82. The van der Waals surface area contributed by atoms with Gasteiger partial charge in [0.25, 0.3) is 5.56 Å². The van der Waals surface area contributed by atoms with Crippen molar-refractivity contribution in [2.24, 2.45) is 0 Å². The van der Waals surface area contributed by atoms with Crippen molar-refractivity contribution < 1.29 is 32.3 Å². The number of piperidine rings is 1. The van der Waals surface area contributed by atoms with Gasteiger partial charge in [-0.25, -0.2) is 9.89 Å². The van der Waals surface area contributed by atoms with Crippen LogP contribution in [0.1, 0.15) is 80.9 Å². The lowest BCUT2D eigenvalue weighted by molar-refractivity contribution is -0.138. The average molecular weight is 763 g/mol. The van der Waals surface area contributed by atoms with Gasteiger partial charge in [-0.3, -0.25) is 19.3 Å². The highest BCUT2D eigenvalue weighted by Crippen LogP contribution is 2.38. The van der Waals surface area contributed by atoms with Crippen LogP contribution in [-0.4, -0.2) is 94.9 Å². The molecule has 0 spiro atoms. The number of carbonyl (C=O) groups excluding carboxylic acids is 3. The summed E-state index contributed by atoms with van der Waals surface area (Å²) in [4.78, 5) is 51.8. The van der Waals surface area contributed by atoms with Gasteiger partial charge in [0.2, 0.25) is 11.8 Å². The molecular formula is C36H49F3N8O5S. The van der Waals surface area contributed by atoms with E-state index in [4.69, 9.17) is 4.74 Å². The number of carbonyl (C=O) groups is 3. The summed E-state index contributed by atoms with van der Waals surface area (Å²) in [5.74, 6) is 1.69. The normalized spacial score (nSPS) is 21.5. The second-order valence-corrected chi connectivity index (χ2v) is 15.6. The number of benzene rings is 1. The van der Waals surface area contributed by atoms with Gasteiger partial charge in [-0.15, -0.1) is 0 Å². The van der Waals surface area contributed by atoms with Crippen molar-refractivity contribution in [1.29, 1.82) is 0 Å². The highest BCUT2D eigenvalue weighted by Gasteiger charge is 2.42. The molecule has 3 atom stereocenters. The minimum absolute atomic E-state index is 0.0000912. The number of alkyl halides is 3. The fourth-order valence-electron chi connectivity index (χ4n) is 7.58. The number of nitrogens with zero attached hydrogens (tertiary/aromatic N) is 3. The standard InChI is InChI=1S/C36H49F3N8O5S/c37-36(38,39)32-28(18-42-45-34(32)50)47-19-23-9-10-26(17-24(23)20-47)52-25-11-15-46(16-12-25)21-31(49)41-14-6-2-1-5-13-40-30(48)8-4-3-7-29-33-27(22-53-29)43-35(51)44-33/h9-10,17-18,25,27,29,33H,1-8,11-16,19-22H2,(H,40,48)(H,41,49)(H,45,50)(H2,43,44,51)/t27-,29-,33-/m0/s1. The summed E-state index contributed by atoms with van der Waals surface area (Å²) >= 11 is 1.90. The zero-order valence-electron chi connectivity index (χ0n) is 29.8. The number of unbranched alkanes of at least 4 members (excludes halogenated alkanes) is 4. The third-order valence-corrected chi connectivity index (χ3v) is 11.9. The topological polar surface area (TPSA) is 161 Å². The minimum atomic E-state index is -4.80. The maximum Gasteiger partial charge on any atom is 0.423 e. The van der Waals surface area contributed by atoms with Crippen LogP contribution in [0.4, 0.5) is 23.7 Å². The van der Waals surface area contributed by atoms with Crippen molar-refractivity contribution >= 4 is 35.3 Å². The Morgan fingerprint density at radius 1 is 0.943 bits per heavy atom. The van der Waals surface area contributed by atoms with Crippen LogP contribution < -0.4 is 36.5 Å². The van der Waals surface area contributed by atoms with Crippen LogP contribution in [0.2, 0.25) is 0 Å². The molecule has 13 nitrogen and oxygen atoms in total. The summed E-state index contributed by atoms with van der Waals surface area (Å²) in [6, 6.07) is 5.90. The number of aromatic nitrogens is 2. The Balaban J connectivity index is 0.780. The van der Waals surface area contributed by atoms with Gasteiger partial charge in [0, 0.05) is 56.7 Å². The lowest BCUT2D eigenvalue weighted by Crippen LogP contribution is -2.43. The van der Waals surface area contributed by atoms with Gasteiger partial charge >= 0.3 is 12.2 Å². The second kappa shape index (κ2) is 17.9. The highest BCUT2D eigenvalue weighted by atomic mass is 32.2. The van der Waals surface area contributed by atoms with Crippen LogP contribution in [0.25, 0.3) is 0 Å². The van der Waals surface area contributed by atoms with E-state index in [0.29, 0.717) is 37.1 Å². The number of thioether (sulfide) groups is 1. The van der Waals surface area contributed by atoms with Crippen molar-refractivity contribution in [3.05, 3.63) is 51.4 Å². The predicted molar refractivity (Wildman–Crippen MR) is 195 cm³/mol. The minimum Gasteiger partial charge on any atom is -0.490 e. The third-order valence-electron chi connectivity index (χ3n) is 10.4. The Hall–Kier alpha value is -3.99. The Labute approximate surface area is 310 Å². The van der Waals surface area contributed by atoms with Crippen LogP contribution >= 0.6 is 11.8 Å². The number of aromatic amines is 1. The zero-order valence-corrected chi connectivity index (χ0v) is 30.6. The molecule has 3 fully saturated rings. The maximum absolute atomic E-state index is 13.6. The number of urea groups is 1. The molecule has 53 heavy (non-hydrogen) atoms. The summed E-state index contributed by atoms with van der Waals surface area (Å²) in [5, 5.41) is 17.9. The van der Waals surface area contributed by atoms with Crippen LogP contribution in [0.5, 0.6) is 5.75 Å². The van der Waals surface area contributed by atoms with E-state index in [0.717, 1.165) is 94.0 Å². The van der Waals surface area contributed by atoms with E-state index in [1.54, 1.807) is 0 Å². The van der Waals surface area contributed by atoms with Gasteiger partial charge in [-0.2, -0.15) is 30.0 Å². The molecule has 0 saturated carbocycles. The smallest absolute Gasteiger partial charge is 0.423 e. The first kappa shape index (κ1) is 38.7. The molecule has 4 aliphatic heterocycles. The number of amides is 4. The van der Waals surface area contributed by atoms with Crippen LogP contribution in [0.3, 0.4) is 0 Å². The van der Waals surface area contributed by atoms with E-state index < -0.39 is 17.3 Å². The molecule has 5 heterocycles. The maximum atomic E-state index is 13.6. The Morgan fingerprint density at radius 3 is 2.43 bits per heavy atom. The Bertz CT molecular complexity index is 1650. The molecule has 17 heteroatoms. The summed E-state index contributed by atoms with van der Waals surface area (Å²) in [6.45, 7) is 3.49. The molecule has 4 amide bonds. The number of likely N-dealkylation sites (tertiary alicyclic amines) is 1. The van der Waals surface area contributed by atoms with Crippen molar-refractivity contribution in [2.45, 2.75) is 107 Å². The lowest BCUT2D eigenvalue weighted by Gasteiger charge is -2.31. The van der Waals surface area contributed by atoms with Crippen molar-refractivity contribution in [3.63, 3.8) is 0 Å². The molecule has 0 bridgehead atoms. The highest BCUT2D eigenvalue weighted by molar-refractivity contribution is 8.00. The van der Waals surface area contributed by atoms with E-state index in [-0.39, 0.29) is 54.8 Å². The largest absolute Gasteiger partial charge is 0.490 e. The predicted octanol–water partition coefficient (Wildman–Crippen LogP) is 3.67. The van der Waals surface area contributed by atoms with E-state index in [1.807, 2.05) is 35.1 Å². The summed E-state index contributed by atoms with van der Waals surface area (Å²) in [6.07, 6.45) is 4.82. The van der Waals surface area contributed by atoms with Crippen LogP contribution in [-0.2, 0) is 28.9 Å². The first-order chi connectivity index (χ1) is 25.5. The number of anilines is 1. The summed E-state index contributed by atoms with van der Waals surface area (Å²) < 4.78 is 47.0. The summed E-state index contributed by atoms with van der Waals surface area (Å²) in [5.41, 5.74) is -1.05. The number of hydrogen-bond donors (Lipinski definition) is 5. The van der Waals surface area contributed by atoms with Gasteiger partial charge < -0.3 is 30.9 Å². The SMILES string of the molecule is O=C(CCCC[C@@H]1SC[C@@H]2NC(=O)N[C@@H]21)NCCCCCCNC(=O)CN1CCC(Oc2ccc3c(c2)CN(c2cn[nH]c(=O)c2C(F)(F)F)C3)CC1. The van der Waals surface area contributed by atoms with Gasteiger partial charge in [0.05, 0.1) is 30.5 Å². The number of H-pyrrole nitrogens is 1. The fourth-order valence-corrected chi connectivity index (χ4v) is 9.12. The molecule has 1 aromatic heterocycles. The van der Waals surface area contributed by atoms with Gasteiger partial charge in [-0.05, 0) is 61.8 Å². The molecule has 4 aliphatic rings. The molecule has 2 aromatic rings. The third kappa shape index (κ3) is 10.6. The van der Waals surface area contributed by atoms with Gasteiger partial charge in [-0.1, -0.05) is 25.3 Å². The first-order valence-electron chi connectivity index (χ1n) is 18.7. The number of nitrogens with one attached hydrogen (secondary N) is 5. The molecular weight excluding hydrogens is 714 g/mol. The van der Waals surface area contributed by atoms with Gasteiger partial charge in [0.15, 0.2) is 0 Å². The number of rotatable bonds is 17. The second-order valence-electron chi connectivity index (χ2n) is 14.3. The number of hydrogen-bond acceptors (Lipinski definition) is 9. The molecule has 6 rings (SSSR count). The van der Waals surface area contributed by atoms with Crippen LogP contribution in [0.15, 0.2) is 29.2 Å². The molecule has 5 N–H and O–H groups in total. The van der Waals surface area contributed by atoms with Crippen molar-refractivity contribution in [1.82, 2.24) is 36.4 Å². The molecule has 1 aromatic carbocycles. The molecule has 0 radical (unpaired) electrons. The number of fused-ring (bicyclic) bond motifs is 2. The Morgan fingerprint density at radius 2 is 1.68 bits per heavy atom. The van der Waals surface area contributed by atoms with E-state index in [1.165, 1.54) is 4.90 Å². The van der Waals surface area contributed by atoms with Crippen LogP contribution in [0, 0.1) is 0 Å². The number of halogens is 3. The van der Waals surface area contributed by atoms with Gasteiger partial charge in [0.1, 0.15) is 17.4 Å². The van der Waals surface area contributed by atoms with E-state index in [2.05, 4.69) is 31.3 Å². The molecule has 3 saturated heterocycles. The van der Waals surface area contributed by atoms with E-state index in [9.17, 15) is 32.3 Å². The van der Waals surface area contributed by atoms with Crippen molar-refractivity contribution in [3.8, 4) is 5.75 Å². The van der Waals surface area contributed by atoms with Crippen molar-refractivity contribution in [2.75, 3.05) is 43.4 Å². The first-order valence-corrected chi connectivity index (χ1v) is 19.7. The quantitative estimate of drug-likeness (QED) is 0.120. The fraction of sp³-hybridized carbons (Fsp3) is 0.639. The number of ether oxygens (including phenoxy) is 1. The monoisotopic (exact) mass is 762 g/mol. The molecule has 0 unspecified atom stereocenters. The summed E-state index contributed by atoms with van der Waals surface area (Å²) in [7, 11) is 0.